The van der Waals surface area contributed by atoms with Gasteiger partial charge >= 0.3 is 0 Å². The molecule has 0 spiro atoms. The van der Waals surface area contributed by atoms with E-state index in [-0.39, 0.29) is 5.82 Å². The van der Waals surface area contributed by atoms with Crippen molar-refractivity contribution in [3.8, 4) is 0 Å². The van der Waals surface area contributed by atoms with Crippen LogP contribution in [-0.4, -0.2) is 17.3 Å². The molecule has 0 aliphatic carbocycles. The molecule has 0 bridgehead atoms. The van der Waals surface area contributed by atoms with Crippen LogP contribution in [0, 0.1) is 5.82 Å². The van der Waals surface area contributed by atoms with Gasteiger partial charge in [0.05, 0.1) is 0 Å². The van der Waals surface area contributed by atoms with Crippen molar-refractivity contribution in [2.75, 3.05) is 7.05 Å². The minimum Gasteiger partial charge on any atom is -0.207 e. The Balaban J connectivity index is 2.99. The van der Waals surface area contributed by atoms with Gasteiger partial charge < -0.3 is 0 Å². The average Bonchev–Trinajstić information content (AvgIpc) is 2.05. The highest BCUT2D eigenvalue weighted by molar-refractivity contribution is 6.54. The molecule has 0 aliphatic heterocycles. The first kappa shape index (κ1) is 8.21. The van der Waals surface area contributed by atoms with E-state index in [4.69, 9.17) is 11.6 Å². The molecule has 11 heavy (non-hydrogen) atoms. The Morgan fingerprint density at radius 2 is 1.91 bits per heavy atom. The first-order valence-electron chi connectivity index (χ1n) is 3.16. The van der Waals surface area contributed by atoms with E-state index in [2.05, 4.69) is 0 Å². The molecule has 0 amide bonds. The maximum Gasteiger partial charge on any atom is 0.238 e. The van der Waals surface area contributed by atoms with E-state index in [1.165, 1.54) is 17.8 Å². The molecule has 0 atom stereocenters. The summed E-state index contributed by atoms with van der Waals surface area (Å²) >= 11 is 5.43. The Morgan fingerprint density at radius 1 is 1.36 bits per heavy atom. The summed E-state index contributed by atoms with van der Waals surface area (Å²) in [7, 11) is 1.79. The van der Waals surface area contributed by atoms with Gasteiger partial charge in [-0.05, 0) is 23.7 Å². The molecule has 0 radical (unpaired) electrons. The third kappa shape index (κ3) is 2.02. The van der Waals surface area contributed by atoms with E-state index in [1.54, 1.807) is 23.8 Å². The zero-order valence-electron chi connectivity index (χ0n) is 6.09. The van der Waals surface area contributed by atoms with Gasteiger partial charge in [0, 0.05) is 12.1 Å². The van der Waals surface area contributed by atoms with Crippen LogP contribution in [0.3, 0.4) is 0 Å². The van der Waals surface area contributed by atoms with E-state index >= 15 is 0 Å². The molecule has 1 rings (SSSR count). The van der Waals surface area contributed by atoms with Crippen LogP contribution in [0.25, 0.3) is 0 Å². The molecular weight excluding hydrogens is 165 g/mol. The SMILES string of the molecule is C[N+](=CCl)c1ccc(F)cc1. The number of rotatable bonds is 1. The van der Waals surface area contributed by atoms with Crippen molar-refractivity contribution < 1.29 is 8.97 Å². The van der Waals surface area contributed by atoms with E-state index in [0.717, 1.165) is 5.69 Å². The van der Waals surface area contributed by atoms with Crippen LogP contribution in [0.4, 0.5) is 10.1 Å². The highest BCUT2D eigenvalue weighted by Gasteiger charge is 2.00. The summed E-state index contributed by atoms with van der Waals surface area (Å²) in [4.78, 5) is 0. The minimum absolute atomic E-state index is 0.239. The lowest BCUT2D eigenvalue weighted by Crippen LogP contribution is -1.94. The predicted molar refractivity (Wildman–Crippen MR) is 44.2 cm³/mol. The molecule has 0 aromatic heterocycles. The Labute approximate surface area is 69.7 Å². The predicted octanol–water partition coefficient (Wildman–Crippen LogP) is 2.37. The maximum atomic E-state index is 12.4. The molecule has 3 heteroatoms. The molecule has 0 saturated carbocycles. The molecule has 1 aromatic rings. The minimum atomic E-state index is -0.239. The van der Waals surface area contributed by atoms with Gasteiger partial charge in [-0.3, -0.25) is 0 Å². The number of hydrogen-bond donors (Lipinski definition) is 0. The van der Waals surface area contributed by atoms with Gasteiger partial charge in [-0.2, -0.15) is 4.58 Å². The molecule has 58 valence electrons. The van der Waals surface area contributed by atoms with Crippen molar-refractivity contribution in [1.82, 2.24) is 0 Å². The number of halogens is 2. The molecule has 0 unspecified atom stereocenters. The van der Waals surface area contributed by atoms with Crippen molar-refractivity contribution in [3.63, 3.8) is 0 Å². The van der Waals surface area contributed by atoms with Crippen LogP contribution in [-0.2, 0) is 0 Å². The molecule has 0 fully saturated rings. The lowest BCUT2D eigenvalue weighted by atomic mass is 10.3. The Kier molecular flexibility index (Phi) is 2.60. The second-order valence-corrected chi connectivity index (χ2v) is 2.38. The maximum absolute atomic E-state index is 12.4. The zero-order valence-corrected chi connectivity index (χ0v) is 6.85. The molecule has 0 saturated heterocycles. The van der Waals surface area contributed by atoms with E-state index in [9.17, 15) is 4.39 Å². The van der Waals surface area contributed by atoms with Gasteiger partial charge in [-0.1, -0.05) is 0 Å². The largest absolute Gasteiger partial charge is 0.238 e. The summed E-state index contributed by atoms with van der Waals surface area (Å²) in [5.74, 6) is -0.239. The fraction of sp³-hybridized carbons (Fsp3) is 0.125. The zero-order chi connectivity index (χ0) is 8.27. The van der Waals surface area contributed by atoms with Crippen molar-refractivity contribution in [2.45, 2.75) is 0 Å². The lowest BCUT2D eigenvalue weighted by molar-refractivity contribution is -0.397. The smallest absolute Gasteiger partial charge is 0.207 e. The van der Waals surface area contributed by atoms with E-state index in [1.807, 2.05) is 0 Å². The fourth-order valence-corrected chi connectivity index (χ4v) is 0.845. The van der Waals surface area contributed by atoms with E-state index < -0.39 is 0 Å². The quantitative estimate of drug-likeness (QED) is 0.452. The van der Waals surface area contributed by atoms with Gasteiger partial charge in [0.2, 0.25) is 11.4 Å². The molecule has 1 aromatic carbocycles. The average molecular weight is 173 g/mol. The monoisotopic (exact) mass is 172 g/mol. The summed E-state index contributed by atoms with van der Waals surface area (Å²) in [6, 6.07) is 6.11. The summed E-state index contributed by atoms with van der Waals surface area (Å²) < 4.78 is 14.1. The fourth-order valence-electron chi connectivity index (χ4n) is 0.733. The van der Waals surface area contributed by atoms with Gasteiger partial charge in [0.15, 0.2) is 0 Å². The third-order valence-corrected chi connectivity index (χ3v) is 1.67. The topological polar surface area (TPSA) is 3.01 Å². The Bertz CT molecular complexity index is 266. The summed E-state index contributed by atoms with van der Waals surface area (Å²) in [6.45, 7) is 0. The highest BCUT2D eigenvalue weighted by Crippen LogP contribution is 2.10. The first-order chi connectivity index (χ1) is 5.24. The first-order valence-corrected chi connectivity index (χ1v) is 3.59. The second-order valence-electron chi connectivity index (χ2n) is 2.18. The Morgan fingerprint density at radius 3 is 2.36 bits per heavy atom. The number of benzene rings is 1. The summed E-state index contributed by atoms with van der Waals surface area (Å²) in [5.41, 5.74) is 2.26. The molecule has 0 aliphatic rings. The van der Waals surface area contributed by atoms with Crippen molar-refractivity contribution in [3.05, 3.63) is 30.1 Å². The molecule has 1 nitrogen and oxygen atoms in total. The molecular formula is C8H8ClFN+. The lowest BCUT2D eigenvalue weighted by Gasteiger charge is -1.92. The summed E-state index contributed by atoms with van der Waals surface area (Å²) in [6.07, 6.45) is 0. The second kappa shape index (κ2) is 3.49. The van der Waals surface area contributed by atoms with E-state index in [0.29, 0.717) is 0 Å². The van der Waals surface area contributed by atoms with Crippen molar-refractivity contribution in [2.24, 2.45) is 0 Å². The van der Waals surface area contributed by atoms with Crippen LogP contribution in [0.2, 0.25) is 0 Å². The van der Waals surface area contributed by atoms with Gasteiger partial charge in [0.25, 0.3) is 0 Å². The highest BCUT2D eigenvalue weighted by atomic mass is 35.5. The van der Waals surface area contributed by atoms with Gasteiger partial charge in [-0.25, -0.2) is 4.39 Å². The van der Waals surface area contributed by atoms with Crippen molar-refractivity contribution >= 4 is 23.0 Å². The standard InChI is InChI=1S/C8H8ClFN/c1-11(6-9)8-4-2-7(10)3-5-8/h2-6H,1H3/q+1. The summed E-state index contributed by atoms with van der Waals surface area (Å²) in [5, 5.41) is 0. The Hall–Kier alpha value is -0.890. The van der Waals surface area contributed by atoms with Crippen LogP contribution >= 0.6 is 11.6 Å². The number of hydrogen-bond acceptors (Lipinski definition) is 0. The molecule has 0 N–H and O–H groups in total. The van der Waals surface area contributed by atoms with Crippen LogP contribution < -0.4 is 0 Å². The van der Waals surface area contributed by atoms with Gasteiger partial charge in [-0.15, -0.1) is 0 Å². The van der Waals surface area contributed by atoms with Crippen LogP contribution in [0.5, 0.6) is 0 Å². The van der Waals surface area contributed by atoms with Crippen LogP contribution in [0.1, 0.15) is 0 Å². The molecule has 0 heterocycles. The third-order valence-electron chi connectivity index (χ3n) is 1.38. The van der Waals surface area contributed by atoms with Gasteiger partial charge in [0.1, 0.15) is 12.9 Å². The van der Waals surface area contributed by atoms with Crippen molar-refractivity contribution in [1.29, 1.82) is 0 Å². The number of nitrogens with zero attached hydrogens (tertiary/aromatic N) is 1. The normalized spacial score (nSPS) is 11.7. The van der Waals surface area contributed by atoms with Crippen LogP contribution in [0.15, 0.2) is 24.3 Å².